The largest absolute Gasteiger partial charge is 0.477 e. The van der Waals surface area contributed by atoms with Crippen molar-refractivity contribution in [3.63, 3.8) is 0 Å². The van der Waals surface area contributed by atoms with Crippen LogP contribution in [-0.2, 0) is 5.41 Å². The van der Waals surface area contributed by atoms with Gasteiger partial charge in [-0.3, -0.25) is 0 Å². The summed E-state index contributed by atoms with van der Waals surface area (Å²) in [6, 6.07) is 0. The van der Waals surface area contributed by atoms with Gasteiger partial charge >= 0.3 is 5.97 Å². The average Bonchev–Trinajstić information content (AvgIpc) is 2.81. The van der Waals surface area contributed by atoms with Crippen molar-refractivity contribution in [2.24, 2.45) is 0 Å². The molecule has 0 spiro atoms. The summed E-state index contributed by atoms with van der Waals surface area (Å²) in [7, 11) is 0. The second-order valence-corrected chi connectivity index (χ2v) is 7.49. The molecule has 1 aromatic rings. The molecule has 0 saturated carbocycles. The fourth-order valence-corrected chi connectivity index (χ4v) is 3.55. The molecular weight excluding hydrogens is 282 g/mol. The maximum Gasteiger partial charge on any atom is 0.347 e. The molecule has 1 aromatic heterocycles. The molecule has 21 heavy (non-hydrogen) atoms. The van der Waals surface area contributed by atoms with E-state index in [2.05, 4.69) is 25.8 Å². The second kappa shape index (κ2) is 8.52. The van der Waals surface area contributed by atoms with Gasteiger partial charge in [0.05, 0.1) is 10.7 Å². The first-order valence-electron chi connectivity index (χ1n) is 8.09. The number of hydrogen-bond donors (Lipinski definition) is 1. The van der Waals surface area contributed by atoms with Gasteiger partial charge in [-0.05, 0) is 13.3 Å². The fraction of sp³-hybridized carbons (Fsp3) is 0.765. The van der Waals surface area contributed by atoms with Crippen molar-refractivity contribution in [1.29, 1.82) is 0 Å². The SMILES string of the molecule is CCCCCCCCCC(C)(C)c1nc(C)c(C(=O)O)s1. The molecule has 0 aliphatic rings. The van der Waals surface area contributed by atoms with Gasteiger partial charge in [0.2, 0.25) is 0 Å². The zero-order valence-corrected chi connectivity index (χ0v) is 14.7. The molecule has 3 nitrogen and oxygen atoms in total. The lowest BCUT2D eigenvalue weighted by atomic mass is 9.87. The molecule has 1 rings (SSSR count). The Kier molecular flexibility index (Phi) is 7.36. The van der Waals surface area contributed by atoms with E-state index in [0.29, 0.717) is 10.6 Å². The number of unbranched alkanes of at least 4 members (excludes halogenated alkanes) is 6. The quantitative estimate of drug-likeness (QED) is 0.575. The molecule has 0 aliphatic carbocycles. The highest BCUT2D eigenvalue weighted by Crippen LogP contribution is 2.34. The first-order chi connectivity index (χ1) is 9.88. The van der Waals surface area contributed by atoms with Gasteiger partial charge in [0.25, 0.3) is 0 Å². The Hall–Kier alpha value is -0.900. The van der Waals surface area contributed by atoms with E-state index in [1.165, 1.54) is 56.3 Å². The lowest BCUT2D eigenvalue weighted by Gasteiger charge is -2.21. The molecule has 0 amide bonds. The summed E-state index contributed by atoms with van der Waals surface area (Å²) >= 11 is 1.34. The van der Waals surface area contributed by atoms with Gasteiger partial charge in [0.1, 0.15) is 4.88 Å². The van der Waals surface area contributed by atoms with Crippen molar-refractivity contribution in [2.45, 2.75) is 84.5 Å². The number of hydrogen-bond acceptors (Lipinski definition) is 3. The van der Waals surface area contributed by atoms with E-state index >= 15 is 0 Å². The Balaban J connectivity index is 2.42. The highest BCUT2D eigenvalue weighted by molar-refractivity contribution is 7.13. The summed E-state index contributed by atoms with van der Waals surface area (Å²) in [5.41, 5.74) is 0.627. The molecule has 1 heterocycles. The lowest BCUT2D eigenvalue weighted by molar-refractivity contribution is 0.0701. The van der Waals surface area contributed by atoms with Crippen LogP contribution in [0, 0.1) is 6.92 Å². The molecule has 1 N–H and O–H groups in total. The van der Waals surface area contributed by atoms with E-state index in [4.69, 9.17) is 5.11 Å². The summed E-state index contributed by atoms with van der Waals surface area (Å²) in [4.78, 5) is 16.0. The Morgan fingerprint density at radius 3 is 2.24 bits per heavy atom. The average molecular weight is 311 g/mol. The molecule has 0 saturated heterocycles. The van der Waals surface area contributed by atoms with E-state index in [1.807, 2.05) is 0 Å². The van der Waals surface area contributed by atoms with E-state index in [0.717, 1.165) is 11.4 Å². The van der Waals surface area contributed by atoms with E-state index in [-0.39, 0.29) is 5.41 Å². The predicted molar refractivity (Wildman–Crippen MR) is 89.4 cm³/mol. The van der Waals surface area contributed by atoms with Crippen LogP contribution in [0.15, 0.2) is 0 Å². The first kappa shape index (κ1) is 18.1. The van der Waals surface area contributed by atoms with Gasteiger partial charge < -0.3 is 5.11 Å². The normalized spacial score (nSPS) is 11.8. The second-order valence-electron chi connectivity index (χ2n) is 6.49. The Morgan fingerprint density at radius 2 is 1.71 bits per heavy atom. The van der Waals surface area contributed by atoms with Crippen LogP contribution in [0.25, 0.3) is 0 Å². The Morgan fingerprint density at radius 1 is 1.14 bits per heavy atom. The standard InChI is InChI=1S/C17H29NO2S/c1-5-6-7-8-9-10-11-12-17(3,4)16-18-13(2)14(21-16)15(19)20/h5-12H2,1-4H3,(H,19,20). The Bertz CT molecular complexity index is 452. The van der Waals surface area contributed by atoms with Gasteiger partial charge in [-0.15, -0.1) is 11.3 Å². The minimum atomic E-state index is -0.858. The molecule has 0 atom stereocenters. The van der Waals surface area contributed by atoms with Crippen molar-refractivity contribution < 1.29 is 9.90 Å². The van der Waals surface area contributed by atoms with Gasteiger partial charge in [0.15, 0.2) is 0 Å². The van der Waals surface area contributed by atoms with Crippen molar-refractivity contribution in [1.82, 2.24) is 4.98 Å². The smallest absolute Gasteiger partial charge is 0.347 e. The molecule has 0 aromatic carbocycles. The molecule has 0 fully saturated rings. The third-order valence-electron chi connectivity index (χ3n) is 3.98. The highest BCUT2D eigenvalue weighted by atomic mass is 32.1. The summed E-state index contributed by atoms with van der Waals surface area (Å²) < 4.78 is 0. The number of aryl methyl sites for hydroxylation is 1. The molecule has 0 bridgehead atoms. The van der Waals surface area contributed by atoms with Crippen LogP contribution in [0.1, 0.15) is 92.5 Å². The topological polar surface area (TPSA) is 50.2 Å². The van der Waals surface area contributed by atoms with E-state index in [9.17, 15) is 4.79 Å². The zero-order chi connectivity index (χ0) is 15.9. The molecular formula is C17H29NO2S. The number of aromatic carboxylic acids is 1. The third-order valence-corrected chi connectivity index (χ3v) is 5.49. The highest BCUT2D eigenvalue weighted by Gasteiger charge is 2.26. The fourth-order valence-electron chi connectivity index (χ4n) is 2.52. The van der Waals surface area contributed by atoms with E-state index in [1.54, 1.807) is 6.92 Å². The number of rotatable bonds is 10. The van der Waals surface area contributed by atoms with Crippen LogP contribution in [0.3, 0.4) is 0 Å². The summed E-state index contributed by atoms with van der Waals surface area (Å²) in [6.07, 6.45) is 10.2. The number of carbonyl (C=O) groups is 1. The van der Waals surface area contributed by atoms with Crippen molar-refractivity contribution >= 4 is 17.3 Å². The summed E-state index contributed by atoms with van der Waals surface area (Å²) in [5.74, 6) is -0.858. The Labute approximate surface area is 132 Å². The molecule has 0 unspecified atom stereocenters. The third kappa shape index (κ3) is 5.77. The number of thiazole rings is 1. The van der Waals surface area contributed by atoms with Gasteiger partial charge in [0, 0.05) is 5.41 Å². The van der Waals surface area contributed by atoms with Crippen LogP contribution in [-0.4, -0.2) is 16.1 Å². The molecule has 0 aliphatic heterocycles. The lowest BCUT2D eigenvalue weighted by Crippen LogP contribution is -2.16. The first-order valence-corrected chi connectivity index (χ1v) is 8.91. The van der Waals surface area contributed by atoms with Crippen LogP contribution < -0.4 is 0 Å². The minimum Gasteiger partial charge on any atom is -0.477 e. The van der Waals surface area contributed by atoms with Gasteiger partial charge in [-0.25, -0.2) is 9.78 Å². The summed E-state index contributed by atoms with van der Waals surface area (Å²) in [6.45, 7) is 8.37. The van der Waals surface area contributed by atoms with Crippen molar-refractivity contribution in [3.8, 4) is 0 Å². The van der Waals surface area contributed by atoms with Crippen LogP contribution in [0.5, 0.6) is 0 Å². The zero-order valence-electron chi connectivity index (χ0n) is 13.9. The van der Waals surface area contributed by atoms with Crippen molar-refractivity contribution in [3.05, 3.63) is 15.6 Å². The maximum atomic E-state index is 11.1. The molecule has 4 heteroatoms. The monoisotopic (exact) mass is 311 g/mol. The number of aromatic nitrogens is 1. The van der Waals surface area contributed by atoms with Crippen LogP contribution in [0.4, 0.5) is 0 Å². The van der Waals surface area contributed by atoms with Gasteiger partial charge in [-0.2, -0.15) is 0 Å². The minimum absolute atomic E-state index is 0.0213. The van der Waals surface area contributed by atoms with Gasteiger partial charge in [-0.1, -0.05) is 65.7 Å². The molecule has 0 radical (unpaired) electrons. The number of nitrogens with zero attached hydrogens (tertiary/aromatic N) is 1. The summed E-state index contributed by atoms with van der Waals surface area (Å²) in [5, 5.41) is 10.1. The van der Waals surface area contributed by atoms with Crippen molar-refractivity contribution in [2.75, 3.05) is 0 Å². The van der Waals surface area contributed by atoms with Crippen LogP contribution in [0.2, 0.25) is 0 Å². The molecule has 120 valence electrons. The number of carboxylic acid groups (broad SMARTS) is 1. The maximum absolute atomic E-state index is 11.1. The van der Waals surface area contributed by atoms with E-state index < -0.39 is 5.97 Å². The van der Waals surface area contributed by atoms with Crippen LogP contribution >= 0.6 is 11.3 Å². The number of carboxylic acids is 1. The predicted octanol–water partition coefficient (Wildman–Crippen LogP) is 5.57.